The Morgan fingerprint density at radius 3 is 2.70 bits per heavy atom. The van der Waals surface area contributed by atoms with Crippen LogP contribution in [0.2, 0.25) is 0 Å². The highest BCUT2D eigenvalue weighted by Crippen LogP contribution is 2.21. The van der Waals surface area contributed by atoms with E-state index in [9.17, 15) is 9.59 Å². The Morgan fingerprint density at radius 2 is 1.96 bits per heavy atom. The van der Waals surface area contributed by atoms with Crippen LogP contribution >= 0.6 is 31.9 Å². The lowest BCUT2D eigenvalue weighted by Crippen LogP contribution is -2.34. The van der Waals surface area contributed by atoms with Crippen LogP contribution in [-0.4, -0.2) is 31.2 Å². The van der Waals surface area contributed by atoms with Crippen molar-refractivity contribution in [3.8, 4) is 18.1 Å². The highest BCUT2D eigenvalue weighted by molar-refractivity contribution is 9.10. The van der Waals surface area contributed by atoms with Gasteiger partial charge in [0.2, 0.25) is 0 Å². The van der Waals surface area contributed by atoms with Crippen LogP contribution in [0.5, 0.6) is 5.75 Å². The first kappa shape index (κ1) is 20.7. The van der Waals surface area contributed by atoms with Crippen LogP contribution in [0.1, 0.15) is 15.9 Å². The molecule has 0 saturated heterocycles. The van der Waals surface area contributed by atoms with Crippen molar-refractivity contribution in [2.24, 2.45) is 5.10 Å². The van der Waals surface area contributed by atoms with E-state index >= 15 is 0 Å². The summed E-state index contributed by atoms with van der Waals surface area (Å²) < 4.78 is 7.02. The van der Waals surface area contributed by atoms with E-state index in [0.717, 1.165) is 8.95 Å². The summed E-state index contributed by atoms with van der Waals surface area (Å²) >= 11 is 6.65. The number of hydrogen-bond acceptors (Lipinski definition) is 4. The van der Waals surface area contributed by atoms with Gasteiger partial charge in [-0.05, 0) is 36.4 Å². The molecule has 0 fully saturated rings. The maximum atomic E-state index is 12.0. The molecule has 2 aromatic carbocycles. The van der Waals surface area contributed by atoms with Crippen LogP contribution in [0.25, 0.3) is 0 Å². The van der Waals surface area contributed by atoms with Crippen molar-refractivity contribution in [1.82, 2.24) is 10.7 Å². The number of hydrogen-bond donors (Lipinski definition) is 2. The third-order valence-corrected chi connectivity index (χ3v) is 4.16. The summed E-state index contributed by atoms with van der Waals surface area (Å²) in [4.78, 5) is 23.8. The van der Waals surface area contributed by atoms with E-state index in [2.05, 4.69) is 53.6 Å². The first-order valence-corrected chi connectivity index (χ1v) is 9.29. The van der Waals surface area contributed by atoms with Gasteiger partial charge in [-0.15, -0.1) is 6.42 Å². The number of amides is 2. The topological polar surface area (TPSA) is 79.8 Å². The highest BCUT2D eigenvalue weighted by Gasteiger charge is 2.08. The average molecular weight is 493 g/mol. The van der Waals surface area contributed by atoms with Crippen LogP contribution < -0.4 is 15.5 Å². The van der Waals surface area contributed by atoms with Gasteiger partial charge in [-0.2, -0.15) is 5.10 Å². The molecule has 0 saturated carbocycles. The Morgan fingerprint density at radius 1 is 1.19 bits per heavy atom. The van der Waals surface area contributed by atoms with E-state index in [1.165, 1.54) is 6.21 Å². The molecule has 0 aliphatic carbocycles. The van der Waals surface area contributed by atoms with Crippen molar-refractivity contribution in [2.45, 2.75) is 0 Å². The second-order valence-electron chi connectivity index (χ2n) is 5.16. The summed E-state index contributed by atoms with van der Waals surface area (Å²) in [6.45, 7) is -0.0852. The minimum atomic E-state index is -0.462. The first-order valence-electron chi connectivity index (χ1n) is 7.71. The molecule has 0 radical (unpaired) electrons. The minimum Gasteiger partial charge on any atom is -0.480 e. The summed E-state index contributed by atoms with van der Waals surface area (Å²) in [5, 5.41) is 6.40. The van der Waals surface area contributed by atoms with Crippen molar-refractivity contribution < 1.29 is 14.3 Å². The van der Waals surface area contributed by atoms with Crippen LogP contribution in [0, 0.1) is 12.3 Å². The van der Waals surface area contributed by atoms with E-state index in [-0.39, 0.29) is 19.1 Å². The van der Waals surface area contributed by atoms with E-state index in [1.807, 2.05) is 6.07 Å². The largest absolute Gasteiger partial charge is 0.480 e. The van der Waals surface area contributed by atoms with Crippen molar-refractivity contribution in [1.29, 1.82) is 0 Å². The molecule has 8 heteroatoms. The smallest absolute Gasteiger partial charge is 0.259 e. The summed E-state index contributed by atoms with van der Waals surface area (Å²) in [6, 6.07) is 12.2. The maximum absolute atomic E-state index is 12.0. The Labute approximate surface area is 173 Å². The molecule has 6 nitrogen and oxygen atoms in total. The normalized spacial score (nSPS) is 10.3. The predicted octanol–water partition coefficient (Wildman–Crippen LogP) is 3.10. The zero-order valence-corrected chi connectivity index (χ0v) is 17.2. The van der Waals surface area contributed by atoms with Gasteiger partial charge in [0.1, 0.15) is 12.4 Å². The summed E-state index contributed by atoms with van der Waals surface area (Å²) in [7, 11) is 0. The van der Waals surface area contributed by atoms with E-state index in [4.69, 9.17) is 11.2 Å². The molecule has 0 aliphatic rings. The summed E-state index contributed by atoms with van der Waals surface area (Å²) in [6.07, 6.45) is 6.63. The quantitative estimate of drug-likeness (QED) is 0.354. The number of hydrazone groups is 1. The molecule has 0 bridgehead atoms. The number of rotatable bonds is 7. The van der Waals surface area contributed by atoms with E-state index < -0.39 is 5.91 Å². The Hall–Kier alpha value is -2.63. The number of benzene rings is 2. The molecule has 2 N–H and O–H groups in total. The number of nitrogens with zero attached hydrogens (tertiary/aromatic N) is 1. The van der Waals surface area contributed by atoms with Gasteiger partial charge in [0.05, 0.1) is 12.8 Å². The van der Waals surface area contributed by atoms with Crippen LogP contribution in [0.4, 0.5) is 0 Å². The molecule has 0 aliphatic heterocycles. The lowest BCUT2D eigenvalue weighted by atomic mass is 10.2. The number of carbonyl (C=O) groups excluding carboxylic acids is 2. The summed E-state index contributed by atoms with van der Waals surface area (Å²) in [5.74, 6) is 2.11. The molecule has 138 valence electrons. The molecule has 2 aromatic rings. The zero-order valence-electron chi connectivity index (χ0n) is 14.0. The van der Waals surface area contributed by atoms with Crippen LogP contribution in [0.3, 0.4) is 0 Å². The number of carbonyl (C=O) groups is 2. The molecule has 0 aromatic heterocycles. The van der Waals surface area contributed by atoms with Gasteiger partial charge in [-0.25, -0.2) is 5.43 Å². The van der Waals surface area contributed by atoms with Crippen molar-refractivity contribution in [3.63, 3.8) is 0 Å². The van der Waals surface area contributed by atoms with Gasteiger partial charge >= 0.3 is 0 Å². The van der Waals surface area contributed by atoms with Crippen LogP contribution in [0.15, 0.2) is 56.5 Å². The average Bonchev–Trinajstić information content (AvgIpc) is 2.65. The Balaban J connectivity index is 1.89. The third-order valence-electron chi connectivity index (χ3n) is 3.17. The number of terminal acetylenes is 1. The summed E-state index contributed by atoms with van der Waals surface area (Å²) in [5.41, 5.74) is 3.43. The monoisotopic (exact) mass is 491 g/mol. The molecule has 2 amide bonds. The fourth-order valence-electron chi connectivity index (χ4n) is 1.98. The van der Waals surface area contributed by atoms with Gasteiger partial charge in [-0.3, -0.25) is 9.59 Å². The van der Waals surface area contributed by atoms with Gasteiger partial charge in [0, 0.05) is 20.1 Å². The van der Waals surface area contributed by atoms with Crippen molar-refractivity contribution in [2.75, 3.05) is 13.2 Å². The number of ether oxygens (including phenoxy) is 1. The molecule has 0 atom stereocenters. The highest BCUT2D eigenvalue weighted by atomic mass is 79.9. The zero-order chi connectivity index (χ0) is 19.6. The van der Waals surface area contributed by atoms with E-state index in [1.54, 1.807) is 36.4 Å². The molecular formula is C19H15Br2N3O3. The molecule has 0 heterocycles. The van der Waals surface area contributed by atoms with E-state index in [0.29, 0.717) is 16.9 Å². The molecule has 0 unspecified atom stereocenters. The minimum absolute atomic E-state index is 0.121. The van der Waals surface area contributed by atoms with Crippen LogP contribution in [-0.2, 0) is 4.79 Å². The van der Waals surface area contributed by atoms with Gasteiger partial charge < -0.3 is 10.1 Å². The standard InChI is InChI=1S/C19H15Br2N3O3/c1-2-8-27-17-7-6-16(21)10-14(17)11-23-24-18(25)12-22-19(26)13-4-3-5-15(20)9-13/h1,3-7,9-11H,8,12H2,(H,22,26)(H,24,25)/b23-11+. The lowest BCUT2D eigenvalue weighted by Gasteiger charge is -2.07. The fourth-order valence-corrected chi connectivity index (χ4v) is 2.75. The molecule has 0 spiro atoms. The third kappa shape index (κ3) is 6.89. The van der Waals surface area contributed by atoms with Crippen molar-refractivity contribution >= 4 is 49.9 Å². The predicted molar refractivity (Wildman–Crippen MR) is 111 cm³/mol. The Bertz CT molecular complexity index is 907. The van der Waals surface area contributed by atoms with Gasteiger partial charge in [0.25, 0.3) is 11.8 Å². The molecule has 2 rings (SSSR count). The first-order chi connectivity index (χ1) is 13.0. The number of nitrogens with one attached hydrogen (secondary N) is 2. The van der Waals surface area contributed by atoms with Gasteiger partial charge in [-0.1, -0.05) is 43.8 Å². The second kappa shape index (κ2) is 10.5. The van der Waals surface area contributed by atoms with Crippen molar-refractivity contribution in [3.05, 3.63) is 62.5 Å². The van der Waals surface area contributed by atoms with Gasteiger partial charge in [0.15, 0.2) is 0 Å². The second-order valence-corrected chi connectivity index (χ2v) is 6.99. The fraction of sp³-hybridized carbons (Fsp3) is 0.105. The molecular weight excluding hydrogens is 478 g/mol. The number of halogens is 2. The molecule has 27 heavy (non-hydrogen) atoms. The maximum Gasteiger partial charge on any atom is 0.259 e. The Kier molecular flexibility index (Phi) is 8.04. The lowest BCUT2D eigenvalue weighted by molar-refractivity contribution is -0.120. The SMILES string of the molecule is C#CCOc1ccc(Br)cc1/C=N/NC(=O)CNC(=O)c1cccc(Br)c1.